The lowest BCUT2D eigenvalue weighted by Crippen LogP contribution is -2.00. The molecule has 1 aromatic carbocycles. The van der Waals surface area contributed by atoms with Crippen LogP contribution in [0.15, 0.2) is 24.3 Å². The monoisotopic (exact) mass is 254 g/mol. The second-order valence-corrected chi connectivity index (χ2v) is 3.66. The third-order valence-corrected chi connectivity index (χ3v) is 2.27. The molecule has 0 aliphatic rings. The second-order valence-electron chi connectivity index (χ2n) is 3.66. The molecule has 3 nitrogen and oxygen atoms in total. The number of aryl methyl sites for hydroxylation is 1. The molecule has 0 fully saturated rings. The number of pyridine rings is 1. The molecular formula is C12H9F3N2O. The van der Waals surface area contributed by atoms with Gasteiger partial charge in [0.1, 0.15) is 11.6 Å². The Balaban J connectivity index is 2.34. The smallest absolute Gasteiger partial charge is 0.258 e. The van der Waals surface area contributed by atoms with Crippen LogP contribution in [0.5, 0.6) is 11.6 Å². The lowest BCUT2D eigenvalue weighted by Gasteiger charge is -2.07. The number of anilines is 1. The number of benzene rings is 1. The van der Waals surface area contributed by atoms with Crippen molar-refractivity contribution in [3.8, 4) is 11.6 Å². The maximum absolute atomic E-state index is 13.3. The molecule has 0 saturated heterocycles. The molecule has 0 aliphatic carbocycles. The van der Waals surface area contributed by atoms with E-state index in [1.165, 1.54) is 25.1 Å². The molecule has 1 heterocycles. The summed E-state index contributed by atoms with van der Waals surface area (Å²) < 4.78 is 44.3. The molecule has 0 atom stereocenters. The number of nitrogens with zero attached hydrogens (tertiary/aromatic N) is 1. The van der Waals surface area contributed by atoms with Crippen LogP contribution < -0.4 is 10.5 Å². The second kappa shape index (κ2) is 4.56. The van der Waals surface area contributed by atoms with Gasteiger partial charge in [-0.15, -0.1) is 0 Å². The van der Waals surface area contributed by atoms with Gasteiger partial charge in [0.15, 0.2) is 17.5 Å². The minimum Gasteiger partial charge on any atom is -0.436 e. The van der Waals surface area contributed by atoms with Crippen LogP contribution in [0.2, 0.25) is 0 Å². The predicted molar refractivity (Wildman–Crippen MR) is 59.8 cm³/mol. The number of rotatable bonds is 2. The molecule has 0 radical (unpaired) electrons. The van der Waals surface area contributed by atoms with Gasteiger partial charge in [-0.2, -0.15) is 4.98 Å². The first-order valence-corrected chi connectivity index (χ1v) is 5.03. The molecule has 2 N–H and O–H groups in total. The molecule has 0 amide bonds. The van der Waals surface area contributed by atoms with Crippen molar-refractivity contribution in [2.75, 3.05) is 5.73 Å². The average Bonchev–Trinajstić information content (AvgIpc) is 2.31. The highest BCUT2D eigenvalue weighted by molar-refractivity contribution is 5.37. The van der Waals surface area contributed by atoms with Crippen molar-refractivity contribution in [3.05, 3.63) is 47.3 Å². The van der Waals surface area contributed by atoms with Crippen LogP contribution in [-0.4, -0.2) is 4.98 Å². The van der Waals surface area contributed by atoms with E-state index in [1.54, 1.807) is 0 Å². The van der Waals surface area contributed by atoms with Crippen molar-refractivity contribution in [1.29, 1.82) is 0 Å². The Morgan fingerprint density at radius 3 is 2.44 bits per heavy atom. The summed E-state index contributed by atoms with van der Waals surface area (Å²) in [6.07, 6.45) is 0. The van der Waals surface area contributed by atoms with Crippen LogP contribution >= 0.6 is 0 Å². The number of hydrogen-bond acceptors (Lipinski definition) is 3. The van der Waals surface area contributed by atoms with E-state index in [4.69, 9.17) is 10.5 Å². The SMILES string of the molecule is Cc1cc(Oc2nc(N)c(F)cc2F)ccc1F. The lowest BCUT2D eigenvalue weighted by atomic mass is 10.2. The molecule has 1 aromatic heterocycles. The Morgan fingerprint density at radius 2 is 1.78 bits per heavy atom. The van der Waals surface area contributed by atoms with Crippen LogP contribution in [0.1, 0.15) is 5.56 Å². The fourth-order valence-corrected chi connectivity index (χ4v) is 1.33. The Labute approximate surface area is 101 Å². The largest absolute Gasteiger partial charge is 0.436 e. The summed E-state index contributed by atoms with van der Waals surface area (Å²) in [5.74, 6) is -3.09. The first-order valence-electron chi connectivity index (χ1n) is 5.03. The first-order chi connectivity index (χ1) is 8.47. The maximum Gasteiger partial charge on any atom is 0.258 e. The lowest BCUT2D eigenvalue weighted by molar-refractivity contribution is 0.417. The third-order valence-electron chi connectivity index (χ3n) is 2.27. The zero-order valence-corrected chi connectivity index (χ0v) is 9.38. The molecule has 0 spiro atoms. The van der Waals surface area contributed by atoms with Crippen LogP contribution in [0.4, 0.5) is 19.0 Å². The van der Waals surface area contributed by atoms with Gasteiger partial charge < -0.3 is 10.5 Å². The van der Waals surface area contributed by atoms with Crippen molar-refractivity contribution in [1.82, 2.24) is 4.98 Å². The van der Waals surface area contributed by atoms with E-state index in [0.29, 0.717) is 11.6 Å². The zero-order valence-electron chi connectivity index (χ0n) is 9.38. The first kappa shape index (κ1) is 12.2. The standard InChI is InChI=1S/C12H9F3N2O/c1-6-4-7(2-3-8(6)13)18-12-10(15)5-9(14)11(16)17-12/h2-5H,1H3,(H2,16,17). The fourth-order valence-electron chi connectivity index (χ4n) is 1.33. The van der Waals surface area contributed by atoms with Crippen molar-refractivity contribution < 1.29 is 17.9 Å². The van der Waals surface area contributed by atoms with Gasteiger partial charge in [-0.3, -0.25) is 0 Å². The number of hydrogen-bond donors (Lipinski definition) is 1. The number of nitrogens with two attached hydrogens (primary N) is 1. The van der Waals surface area contributed by atoms with Crippen molar-refractivity contribution in [2.24, 2.45) is 0 Å². The highest BCUT2D eigenvalue weighted by Gasteiger charge is 2.12. The summed E-state index contributed by atoms with van der Waals surface area (Å²) in [4.78, 5) is 3.43. The Morgan fingerprint density at radius 1 is 1.06 bits per heavy atom. The zero-order chi connectivity index (χ0) is 13.3. The summed E-state index contributed by atoms with van der Waals surface area (Å²) >= 11 is 0. The van der Waals surface area contributed by atoms with Crippen LogP contribution in [0, 0.1) is 24.4 Å². The molecule has 2 rings (SSSR count). The van der Waals surface area contributed by atoms with Crippen molar-refractivity contribution in [3.63, 3.8) is 0 Å². The summed E-state index contributed by atoms with van der Waals surface area (Å²) in [7, 11) is 0. The Hall–Kier alpha value is -2.24. The van der Waals surface area contributed by atoms with E-state index in [0.717, 1.165) is 0 Å². The third kappa shape index (κ3) is 2.37. The van der Waals surface area contributed by atoms with Gasteiger partial charge in [0.25, 0.3) is 5.88 Å². The summed E-state index contributed by atoms with van der Waals surface area (Å²) in [6, 6.07) is 4.43. The number of ether oxygens (including phenoxy) is 1. The van der Waals surface area contributed by atoms with Crippen LogP contribution in [-0.2, 0) is 0 Å². The summed E-state index contributed by atoms with van der Waals surface area (Å²) in [6.45, 7) is 1.53. The number of halogens is 3. The average molecular weight is 254 g/mol. The van der Waals surface area contributed by atoms with E-state index >= 15 is 0 Å². The van der Waals surface area contributed by atoms with Gasteiger partial charge in [-0.05, 0) is 30.7 Å². The number of nitrogen functional groups attached to an aromatic ring is 1. The van der Waals surface area contributed by atoms with Gasteiger partial charge >= 0.3 is 0 Å². The molecule has 2 aromatic rings. The van der Waals surface area contributed by atoms with Crippen LogP contribution in [0.25, 0.3) is 0 Å². The van der Waals surface area contributed by atoms with Crippen molar-refractivity contribution in [2.45, 2.75) is 6.92 Å². The van der Waals surface area contributed by atoms with Crippen molar-refractivity contribution >= 4 is 5.82 Å². The fraction of sp³-hybridized carbons (Fsp3) is 0.0833. The molecular weight excluding hydrogens is 245 g/mol. The maximum atomic E-state index is 13.3. The van der Waals surface area contributed by atoms with Gasteiger partial charge in [0, 0.05) is 6.07 Å². The molecule has 6 heteroatoms. The highest BCUT2D eigenvalue weighted by atomic mass is 19.1. The molecule has 18 heavy (non-hydrogen) atoms. The van der Waals surface area contributed by atoms with Gasteiger partial charge in [-0.1, -0.05) is 0 Å². The van der Waals surface area contributed by atoms with E-state index < -0.39 is 29.1 Å². The van der Waals surface area contributed by atoms with Crippen LogP contribution in [0.3, 0.4) is 0 Å². The van der Waals surface area contributed by atoms with Gasteiger partial charge in [0.2, 0.25) is 0 Å². The van der Waals surface area contributed by atoms with E-state index in [1.807, 2.05) is 0 Å². The Bertz CT molecular complexity index is 602. The van der Waals surface area contributed by atoms with E-state index in [9.17, 15) is 13.2 Å². The van der Waals surface area contributed by atoms with E-state index in [2.05, 4.69) is 4.98 Å². The molecule has 0 saturated carbocycles. The topological polar surface area (TPSA) is 48.1 Å². The highest BCUT2D eigenvalue weighted by Crippen LogP contribution is 2.26. The minimum absolute atomic E-state index is 0.186. The summed E-state index contributed by atoms with van der Waals surface area (Å²) in [5, 5.41) is 0. The normalized spacial score (nSPS) is 10.4. The number of aromatic nitrogens is 1. The van der Waals surface area contributed by atoms with E-state index in [-0.39, 0.29) is 5.75 Å². The van der Waals surface area contributed by atoms with Gasteiger partial charge in [-0.25, -0.2) is 13.2 Å². The molecule has 0 aliphatic heterocycles. The molecule has 0 unspecified atom stereocenters. The molecule has 94 valence electrons. The minimum atomic E-state index is -0.983. The predicted octanol–water partition coefficient (Wildman–Crippen LogP) is 3.18. The van der Waals surface area contributed by atoms with Gasteiger partial charge in [0.05, 0.1) is 0 Å². The summed E-state index contributed by atoms with van der Waals surface area (Å²) in [5.41, 5.74) is 5.54. The quantitative estimate of drug-likeness (QED) is 0.895. The Kier molecular flexibility index (Phi) is 3.10. The molecule has 0 bridgehead atoms.